The van der Waals surface area contributed by atoms with E-state index in [2.05, 4.69) is 23.9 Å². The van der Waals surface area contributed by atoms with E-state index in [1.807, 2.05) is 24.3 Å². The van der Waals surface area contributed by atoms with Crippen molar-refractivity contribution in [2.45, 2.75) is 31.7 Å². The molecule has 3 rings (SSSR count). The van der Waals surface area contributed by atoms with Crippen molar-refractivity contribution in [2.75, 3.05) is 27.2 Å². The van der Waals surface area contributed by atoms with Gasteiger partial charge in [0.05, 0.1) is 11.6 Å². The van der Waals surface area contributed by atoms with Crippen molar-refractivity contribution in [2.24, 2.45) is 0 Å². The minimum absolute atomic E-state index is 0.0840. The zero-order chi connectivity index (χ0) is 19.4. The van der Waals surface area contributed by atoms with E-state index in [1.165, 1.54) is 6.07 Å². The molecule has 146 valence electrons. The number of hydrogen-bond donors (Lipinski definition) is 1. The minimum Gasteiger partial charge on any atom is -0.489 e. The standard InChI is InChI=1S/C21H26ClFN2O2/c1-24(2)16-10-17(13-26)25(12-16)11-15-5-3-6-18(9-15)27-14-19-20(22)7-4-8-21(19)23/h3-9,16-17,26H,10-14H2,1-2H3/t16-,17+/m1/s1. The molecule has 4 nitrogen and oxygen atoms in total. The van der Waals surface area contributed by atoms with Gasteiger partial charge >= 0.3 is 0 Å². The molecule has 0 unspecified atom stereocenters. The summed E-state index contributed by atoms with van der Waals surface area (Å²) in [6.07, 6.45) is 0.964. The van der Waals surface area contributed by atoms with Crippen LogP contribution in [0.1, 0.15) is 17.5 Å². The molecule has 6 heteroatoms. The van der Waals surface area contributed by atoms with Gasteiger partial charge in [-0.05, 0) is 50.3 Å². The summed E-state index contributed by atoms with van der Waals surface area (Å²) in [5, 5.41) is 10.1. The molecule has 2 atom stereocenters. The van der Waals surface area contributed by atoms with Crippen LogP contribution in [-0.2, 0) is 13.2 Å². The fraction of sp³-hybridized carbons (Fsp3) is 0.429. The Kier molecular flexibility index (Phi) is 6.71. The van der Waals surface area contributed by atoms with Crippen LogP contribution in [0, 0.1) is 5.82 Å². The molecule has 1 fully saturated rings. The largest absolute Gasteiger partial charge is 0.489 e. The number of aliphatic hydroxyl groups is 1. The van der Waals surface area contributed by atoms with Crippen molar-refractivity contribution in [3.05, 3.63) is 64.4 Å². The molecular formula is C21H26ClFN2O2. The van der Waals surface area contributed by atoms with E-state index < -0.39 is 0 Å². The Morgan fingerprint density at radius 3 is 2.74 bits per heavy atom. The Morgan fingerprint density at radius 2 is 2.04 bits per heavy atom. The number of likely N-dealkylation sites (tertiary alicyclic amines) is 1. The molecule has 27 heavy (non-hydrogen) atoms. The van der Waals surface area contributed by atoms with Crippen LogP contribution in [-0.4, -0.2) is 54.2 Å². The Hall–Kier alpha value is -1.66. The highest BCUT2D eigenvalue weighted by Gasteiger charge is 2.32. The third kappa shape index (κ3) is 4.99. The summed E-state index contributed by atoms with van der Waals surface area (Å²) in [7, 11) is 4.15. The summed E-state index contributed by atoms with van der Waals surface area (Å²) in [5.41, 5.74) is 1.46. The Morgan fingerprint density at radius 1 is 1.26 bits per heavy atom. The van der Waals surface area contributed by atoms with Crippen LogP contribution in [0.25, 0.3) is 0 Å². The van der Waals surface area contributed by atoms with Crippen LogP contribution in [0.3, 0.4) is 0 Å². The number of nitrogens with zero attached hydrogens (tertiary/aromatic N) is 2. The first-order valence-electron chi connectivity index (χ1n) is 9.14. The molecule has 0 saturated carbocycles. The summed E-state index contributed by atoms with van der Waals surface area (Å²) < 4.78 is 19.7. The second-order valence-electron chi connectivity index (χ2n) is 7.26. The first kappa shape index (κ1) is 20.1. The molecule has 0 spiro atoms. The number of ether oxygens (including phenoxy) is 1. The highest BCUT2D eigenvalue weighted by atomic mass is 35.5. The summed E-state index contributed by atoms with van der Waals surface area (Å²) in [5.74, 6) is 0.312. The van der Waals surface area contributed by atoms with Gasteiger partial charge in [-0.3, -0.25) is 4.90 Å². The number of halogens is 2. The molecule has 1 heterocycles. The zero-order valence-corrected chi connectivity index (χ0v) is 16.5. The van der Waals surface area contributed by atoms with E-state index in [0.29, 0.717) is 22.4 Å². The predicted molar refractivity (Wildman–Crippen MR) is 106 cm³/mol. The molecule has 1 N–H and O–H groups in total. The van der Waals surface area contributed by atoms with E-state index >= 15 is 0 Å². The molecule has 0 amide bonds. The summed E-state index contributed by atoms with van der Waals surface area (Å²) in [6.45, 7) is 1.91. The van der Waals surface area contributed by atoms with Crippen molar-refractivity contribution in [1.82, 2.24) is 9.80 Å². The summed E-state index contributed by atoms with van der Waals surface area (Å²) in [4.78, 5) is 4.51. The van der Waals surface area contributed by atoms with Gasteiger partial charge in [0.25, 0.3) is 0 Å². The van der Waals surface area contributed by atoms with Crippen molar-refractivity contribution in [1.29, 1.82) is 0 Å². The zero-order valence-electron chi connectivity index (χ0n) is 15.7. The Balaban J connectivity index is 1.65. The van der Waals surface area contributed by atoms with Crippen molar-refractivity contribution in [3.8, 4) is 5.75 Å². The first-order valence-corrected chi connectivity index (χ1v) is 9.51. The smallest absolute Gasteiger partial charge is 0.131 e. The predicted octanol–water partition coefficient (Wildman–Crippen LogP) is 3.55. The molecule has 0 bridgehead atoms. The van der Waals surface area contributed by atoms with Crippen LogP contribution in [0.2, 0.25) is 5.02 Å². The third-order valence-corrected chi connectivity index (χ3v) is 5.53. The van der Waals surface area contributed by atoms with Gasteiger partial charge in [-0.2, -0.15) is 0 Å². The fourth-order valence-corrected chi connectivity index (χ4v) is 3.73. The maximum atomic E-state index is 13.9. The van der Waals surface area contributed by atoms with E-state index in [-0.39, 0.29) is 25.1 Å². The van der Waals surface area contributed by atoms with Gasteiger partial charge in [0.15, 0.2) is 0 Å². The third-order valence-electron chi connectivity index (χ3n) is 5.18. The van der Waals surface area contributed by atoms with Gasteiger partial charge in [-0.1, -0.05) is 29.8 Å². The van der Waals surface area contributed by atoms with Crippen LogP contribution in [0.4, 0.5) is 4.39 Å². The summed E-state index contributed by atoms with van der Waals surface area (Å²) in [6, 6.07) is 13.0. The normalized spacial score (nSPS) is 20.4. The lowest BCUT2D eigenvalue weighted by Gasteiger charge is -2.23. The molecular weight excluding hydrogens is 367 g/mol. The van der Waals surface area contributed by atoms with Gasteiger partial charge in [0, 0.05) is 30.7 Å². The van der Waals surface area contributed by atoms with Crippen molar-refractivity contribution in [3.63, 3.8) is 0 Å². The van der Waals surface area contributed by atoms with Gasteiger partial charge in [-0.25, -0.2) is 4.39 Å². The lowest BCUT2D eigenvalue weighted by Crippen LogP contribution is -2.33. The highest BCUT2D eigenvalue weighted by Crippen LogP contribution is 2.25. The minimum atomic E-state index is -0.365. The van der Waals surface area contributed by atoms with Crippen molar-refractivity contribution >= 4 is 11.6 Å². The average Bonchev–Trinajstić information content (AvgIpc) is 3.05. The lowest BCUT2D eigenvalue weighted by atomic mass is 10.1. The molecule has 0 aliphatic carbocycles. The van der Waals surface area contributed by atoms with E-state index in [9.17, 15) is 9.50 Å². The number of hydrogen-bond acceptors (Lipinski definition) is 4. The fourth-order valence-electron chi connectivity index (χ4n) is 3.51. The highest BCUT2D eigenvalue weighted by molar-refractivity contribution is 6.31. The molecule has 0 aromatic heterocycles. The number of likely N-dealkylation sites (N-methyl/N-ethyl adjacent to an activating group) is 1. The quantitative estimate of drug-likeness (QED) is 0.781. The average molecular weight is 393 g/mol. The maximum Gasteiger partial charge on any atom is 0.131 e. The van der Waals surface area contributed by atoms with Crippen molar-refractivity contribution < 1.29 is 14.2 Å². The van der Waals surface area contributed by atoms with Gasteiger partial charge < -0.3 is 14.7 Å². The van der Waals surface area contributed by atoms with Gasteiger partial charge in [-0.15, -0.1) is 0 Å². The SMILES string of the molecule is CN(C)[C@@H]1C[C@@H](CO)N(Cc2cccc(OCc3c(F)cccc3Cl)c2)C1. The topological polar surface area (TPSA) is 35.9 Å². The van der Waals surface area contributed by atoms with E-state index in [1.54, 1.807) is 12.1 Å². The number of benzene rings is 2. The second kappa shape index (κ2) is 9.02. The monoisotopic (exact) mass is 392 g/mol. The summed E-state index contributed by atoms with van der Waals surface area (Å²) >= 11 is 6.06. The molecule has 2 aromatic carbocycles. The molecule has 1 aliphatic rings. The van der Waals surface area contributed by atoms with Gasteiger partial charge in [0.1, 0.15) is 18.2 Å². The van der Waals surface area contributed by atoms with E-state index in [0.717, 1.165) is 25.1 Å². The molecule has 0 radical (unpaired) electrons. The maximum absolute atomic E-state index is 13.9. The van der Waals surface area contributed by atoms with Crippen LogP contribution in [0.15, 0.2) is 42.5 Å². The van der Waals surface area contributed by atoms with Crippen LogP contribution >= 0.6 is 11.6 Å². The van der Waals surface area contributed by atoms with E-state index in [4.69, 9.17) is 16.3 Å². The molecule has 1 aliphatic heterocycles. The molecule has 1 saturated heterocycles. The van der Waals surface area contributed by atoms with Crippen LogP contribution in [0.5, 0.6) is 5.75 Å². The number of aliphatic hydroxyl groups excluding tert-OH is 1. The first-order chi connectivity index (χ1) is 13.0. The second-order valence-corrected chi connectivity index (χ2v) is 7.66. The van der Waals surface area contributed by atoms with Gasteiger partial charge in [0.2, 0.25) is 0 Å². The van der Waals surface area contributed by atoms with Crippen LogP contribution < -0.4 is 4.74 Å². The molecule has 2 aromatic rings. The lowest BCUT2D eigenvalue weighted by molar-refractivity contribution is 0.153. The Bertz CT molecular complexity index is 751. The number of rotatable bonds is 7. The Labute approximate surface area is 165 Å².